The molecule has 0 radical (unpaired) electrons. The van der Waals surface area contributed by atoms with E-state index in [4.69, 9.17) is 5.73 Å². The van der Waals surface area contributed by atoms with Crippen LogP contribution in [0.3, 0.4) is 0 Å². The van der Waals surface area contributed by atoms with Gasteiger partial charge in [0.15, 0.2) is 0 Å². The number of aliphatic hydroxyl groups is 6. The highest BCUT2D eigenvalue weighted by Crippen LogP contribution is 2.70. The molecule has 0 fully saturated rings. The lowest BCUT2D eigenvalue weighted by Gasteiger charge is -2.70. The highest BCUT2D eigenvalue weighted by atomic mass is 16.3. The SMILES string of the molecule is N#CC(c1ccccc1)(c1ccccc1)C1(CCO)C=CC(CCO)(CCO)C(CCO)(CCO)C1(N)CCO. The van der Waals surface area contributed by atoms with E-state index >= 15 is 0 Å². The van der Waals surface area contributed by atoms with Crippen molar-refractivity contribution in [1.82, 2.24) is 0 Å². The van der Waals surface area contributed by atoms with E-state index < -0.39 is 27.2 Å². The Kier molecular flexibility index (Phi) is 10.7. The maximum Gasteiger partial charge on any atom is 0.118 e. The van der Waals surface area contributed by atoms with Crippen LogP contribution in [0.5, 0.6) is 0 Å². The molecule has 8 heteroatoms. The summed E-state index contributed by atoms with van der Waals surface area (Å²) in [5, 5.41) is 74.1. The summed E-state index contributed by atoms with van der Waals surface area (Å²) in [7, 11) is 0. The second-order valence-corrected chi connectivity index (χ2v) is 10.9. The van der Waals surface area contributed by atoms with Gasteiger partial charge in [-0.3, -0.25) is 0 Å². The Morgan fingerprint density at radius 1 is 0.600 bits per heavy atom. The Morgan fingerprint density at radius 3 is 1.40 bits per heavy atom. The van der Waals surface area contributed by atoms with Gasteiger partial charge in [0.25, 0.3) is 0 Å². The zero-order chi connectivity index (χ0) is 29.3. The van der Waals surface area contributed by atoms with Gasteiger partial charge in [0.1, 0.15) is 5.41 Å². The van der Waals surface area contributed by atoms with E-state index in [1.54, 1.807) is 0 Å². The van der Waals surface area contributed by atoms with Crippen LogP contribution in [0, 0.1) is 27.6 Å². The number of aliphatic hydroxyl groups excluding tert-OH is 6. The Hall–Kier alpha value is -2.61. The van der Waals surface area contributed by atoms with Crippen LogP contribution in [-0.4, -0.2) is 75.8 Å². The molecule has 8 nitrogen and oxygen atoms in total. The molecule has 0 saturated carbocycles. The molecule has 0 aliphatic heterocycles. The molecule has 0 bridgehead atoms. The lowest BCUT2D eigenvalue weighted by Crippen LogP contribution is -2.77. The highest BCUT2D eigenvalue weighted by Gasteiger charge is 2.73. The van der Waals surface area contributed by atoms with Gasteiger partial charge in [0.05, 0.1) is 6.07 Å². The summed E-state index contributed by atoms with van der Waals surface area (Å²) in [6, 6.07) is 21.1. The zero-order valence-electron chi connectivity index (χ0n) is 23.1. The Balaban J connectivity index is 2.65. The van der Waals surface area contributed by atoms with Crippen LogP contribution in [0.25, 0.3) is 0 Å². The summed E-state index contributed by atoms with van der Waals surface area (Å²) in [4.78, 5) is 0. The first-order valence-electron chi connectivity index (χ1n) is 14.0. The van der Waals surface area contributed by atoms with Gasteiger partial charge in [-0.1, -0.05) is 72.8 Å². The molecule has 3 rings (SSSR count). The first-order valence-corrected chi connectivity index (χ1v) is 14.0. The van der Waals surface area contributed by atoms with E-state index in [-0.39, 0.29) is 78.2 Å². The van der Waals surface area contributed by atoms with Crippen LogP contribution in [0.4, 0.5) is 0 Å². The molecule has 0 amide bonds. The number of rotatable bonds is 15. The van der Waals surface area contributed by atoms with Gasteiger partial charge in [-0.25, -0.2) is 0 Å². The monoisotopic (exact) mass is 552 g/mol. The molecule has 2 unspecified atom stereocenters. The quantitative estimate of drug-likeness (QED) is 0.165. The van der Waals surface area contributed by atoms with Crippen molar-refractivity contribution in [3.05, 3.63) is 83.9 Å². The minimum absolute atomic E-state index is 0.0287. The molecular formula is C32H44N2O6. The maximum atomic E-state index is 11.3. The molecular weight excluding hydrogens is 508 g/mol. The fourth-order valence-corrected chi connectivity index (χ4v) is 8.16. The summed E-state index contributed by atoms with van der Waals surface area (Å²) in [5.41, 5.74) is 2.44. The first-order chi connectivity index (χ1) is 19.3. The van der Waals surface area contributed by atoms with Gasteiger partial charge < -0.3 is 36.4 Å². The number of benzene rings is 2. The molecule has 0 aromatic heterocycles. The van der Waals surface area contributed by atoms with Gasteiger partial charge in [0.2, 0.25) is 0 Å². The zero-order valence-corrected chi connectivity index (χ0v) is 23.1. The summed E-state index contributed by atoms with van der Waals surface area (Å²) in [6.45, 7) is -1.82. The van der Waals surface area contributed by atoms with Gasteiger partial charge >= 0.3 is 0 Å². The molecule has 218 valence electrons. The predicted octanol–water partition coefficient (Wildman–Crippen LogP) is 2.02. The second kappa shape index (κ2) is 13.4. The average molecular weight is 553 g/mol. The lowest BCUT2D eigenvalue weighted by atomic mass is 9.34. The topological polar surface area (TPSA) is 171 Å². The minimum atomic E-state index is -1.52. The van der Waals surface area contributed by atoms with Crippen molar-refractivity contribution in [2.45, 2.75) is 49.5 Å². The van der Waals surface area contributed by atoms with Gasteiger partial charge in [-0.2, -0.15) is 5.26 Å². The van der Waals surface area contributed by atoms with Crippen LogP contribution in [-0.2, 0) is 5.41 Å². The summed E-state index contributed by atoms with van der Waals surface area (Å²) in [5.74, 6) is 0. The van der Waals surface area contributed by atoms with Crippen LogP contribution in [0.15, 0.2) is 72.8 Å². The molecule has 0 heterocycles. The van der Waals surface area contributed by atoms with E-state index in [0.29, 0.717) is 11.1 Å². The molecule has 0 saturated heterocycles. The molecule has 40 heavy (non-hydrogen) atoms. The number of hydrogen-bond donors (Lipinski definition) is 7. The number of allylic oxidation sites excluding steroid dienone is 1. The lowest BCUT2D eigenvalue weighted by molar-refractivity contribution is -0.143. The molecule has 2 atom stereocenters. The molecule has 1 aliphatic rings. The largest absolute Gasteiger partial charge is 0.396 e. The van der Waals surface area contributed by atoms with Crippen molar-refractivity contribution in [3.63, 3.8) is 0 Å². The number of hydrogen-bond acceptors (Lipinski definition) is 8. The third-order valence-electron chi connectivity index (χ3n) is 9.75. The van der Waals surface area contributed by atoms with E-state index in [0.717, 1.165) is 0 Å². The Labute approximate surface area is 237 Å². The van der Waals surface area contributed by atoms with Crippen LogP contribution < -0.4 is 5.73 Å². The van der Waals surface area contributed by atoms with Crippen LogP contribution >= 0.6 is 0 Å². The normalized spacial score (nSPS) is 23.6. The maximum absolute atomic E-state index is 11.3. The third-order valence-corrected chi connectivity index (χ3v) is 9.75. The first kappa shape index (κ1) is 31.9. The molecule has 0 spiro atoms. The fraction of sp³-hybridized carbons (Fsp3) is 0.531. The summed E-state index contributed by atoms with van der Waals surface area (Å²) >= 11 is 0. The summed E-state index contributed by atoms with van der Waals surface area (Å²) < 4.78 is 0. The predicted molar refractivity (Wildman–Crippen MR) is 153 cm³/mol. The van der Waals surface area contributed by atoms with E-state index in [2.05, 4.69) is 6.07 Å². The van der Waals surface area contributed by atoms with Crippen molar-refractivity contribution in [2.24, 2.45) is 22.0 Å². The van der Waals surface area contributed by atoms with Crippen molar-refractivity contribution < 1.29 is 30.6 Å². The van der Waals surface area contributed by atoms with Crippen molar-refractivity contribution in [2.75, 3.05) is 39.6 Å². The molecule has 2 aromatic carbocycles. The molecule has 2 aromatic rings. The van der Waals surface area contributed by atoms with E-state index in [9.17, 15) is 35.9 Å². The third kappa shape index (κ3) is 4.60. The number of nitriles is 1. The van der Waals surface area contributed by atoms with Gasteiger partial charge in [-0.15, -0.1) is 0 Å². The number of nitrogens with zero attached hydrogens (tertiary/aromatic N) is 1. The Bertz CT molecular complexity index is 1080. The second-order valence-electron chi connectivity index (χ2n) is 10.9. The van der Waals surface area contributed by atoms with Crippen molar-refractivity contribution >= 4 is 0 Å². The number of nitrogens with two attached hydrogens (primary N) is 1. The summed E-state index contributed by atoms with van der Waals surface area (Å²) in [6.07, 6.45) is 4.27. The standard InChI is InChI=1S/C32H44N2O6/c33-25-31(26-7-3-1-4-8-26,27-9-5-2-6-10-27)30(17-23-39)12-11-28(13-19-35,14-20-36)29(15-21-37,16-22-38)32(30,34)18-24-40/h1-12,35-40H,13-24,34H2. The van der Waals surface area contributed by atoms with E-state index in [1.807, 2.05) is 72.8 Å². The molecule has 1 aliphatic carbocycles. The van der Waals surface area contributed by atoms with Gasteiger partial charge in [-0.05, 0) is 49.7 Å². The average Bonchev–Trinajstić information content (AvgIpc) is 2.97. The van der Waals surface area contributed by atoms with E-state index in [1.165, 1.54) is 0 Å². The Morgan fingerprint density at radius 2 is 1.02 bits per heavy atom. The van der Waals surface area contributed by atoms with Crippen LogP contribution in [0.2, 0.25) is 0 Å². The fourth-order valence-electron chi connectivity index (χ4n) is 8.16. The highest BCUT2D eigenvalue weighted by molar-refractivity contribution is 5.55. The smallest absolute Gasteiger partial charge is 0.118 e. The van der Waals surface area contributed by atoms with Crippen molar-refractivity contribution in [3.8, 4) is 6.07 Å². The molecule has 8 N–H and O–H groups in total. The van der Waals surface area contributed by atoms with Crippen LogP contribution in [0.1, 0.15) is 49.7 Å². The van der Waals surface area contributed by atoms with Gasteiger partial charge in [0, 0.05) is 61.4 Å². The minimum Gasteiger partial charge on any atom is -0.396 e. The van der Waals surface area contributed by atoms with Crippen molar-refractivity contribution in [1.29, 1.82) is 5.26 Å².